The molecule has 0 amide bonds. The van der Waals surface area contributed by atoms with Gasteiger partial charge in [-0.2, -0.15) is 9.49 Å². The number of rotatable bonds is 1. The highest BCUT2D eigenvalue weighted by Gasteiger charge is 2.24. The Morgan fingerprint density at radius 2 is 2.21 bits per heavy atom. The van der Waals surface area contributed by atoms with Gasteiger partial charge < -0.3 is 5.73 Å². The van der Waals surface area contributed by atoms with E-state index in [0.717, 1.165) is 21.9 Å². The lowest BCUT2D eigenvalue weighted by molar-refractivity contribution is 0.536. The molecule has 3 heterocycles. The Bertz CT molecular complexity index is 634. The van der Waals surface area contributed by atoms with Gasteiger partial charge >= 0.3 is 6.08 Å². The van der Waals surface area contributed by atoms with Gasteiger partial charge in [-0.15, -0.1) is 11.8 Å². The highest BCUT2D eigenvalue weighted by Crippen LogP contribution is 2.41. The Hall–Kier alpha value is -1.89. The zero-order chi connectivity index (χ0) is 13.4. The lowest BCUT2D eigenvalue weighted by atomic mass is 10.0. The van der Waals surface area contributed by atoms with Gasteiger partial charge in [-0.25, -0.2) is 14.6 Å². The summed E-state index contributed by atoms with van der Waals surface area (Å²) in [6.45, 7) is 2.09. The monoisotopic (exact) mass is 277 g/mol. The van der Waals surface area contributed by atoms with Crippen molar-refractivity contribution in [3.63, 3.8) is 0 Å². The Labute approximate surface area is 113 Å². The topological polar surface area (TPSA) is 69.6 Å². The van der Waals surface area contributed by atoms with E-state index in [1.807, 2.05) is 6.20 Å². The molecule has 0 spiro atoms. The maximum absolute atomic E-state index is 12.7. The molecule has 0 aliphatic carbocycles. The molecule has 1 atom stereocenters. The Balaban J connectivity index is 2.01. The van der Waals surface area contributed by atoms with Crippen molar-refractivity contribution >= 4 is 11.8 Å². The average molecular weight is 277 g/mol. The molecule has 2 aromatic heterocycles. The third kappa shape index (κ3) is 2.10. The number of hydrogen-bond acceptors (Lipinski definition) is 5. The third-order valence-corrected chi connectivity index (χ3v) is 4.37. The smallest absolute Gasteiger partial charge is 0.308 e. The largest absolute Gasteiger partial charge is 0.404 e. The van der Waals surface area contributed by atoms with Crippen molar-refractivity contribution in [2.45, 2.75) is 18.6 Å². The van der Waals surface area contributed by atoms with Crippen LogP contribution in [0, 0.1) is 6.08 Å². The van der Waals surface area contributed by atoms with Crippen LogP contribution in [0.5, 0.6) is 0 Å². The third-order valence-electron chi connectivity index (χ3n) is 3.13. The Kier molecular flexibility index (Phi) is 2.98. The van der Waals surface area contributed by atoms with Gasteiger partial charge in [0.15, 0.2) is 0 Å². The van der Waals surface area contributed by atoms with Crippen molar-refractivity contribution in [3.05, 3.63) is 47.0 Å². The van der Waals surface area contributed by atoms with Crippen LogP contribution in [0.2, 0.25) is 0 Å². The van der Waals surface area contributed by atoms with Crippen LogP contribution in [0.15, 0.2) is 29.7 Å². The van der Waals surface area contributed by atoms with Gasteiger partial charge in [-0.1, -0.05) is 6.92 Å². The predicted octanol–water partition coefficient (Wildman–Crippen LogP) is 1.95. The fourth-order valence-corrected chi connectivity index (χ4v) is 3.08. The molecule has 19 heavy (non-hydrogen) atoms. The van der Waals surface area contributed by atoms with Gasteiger partial charge in [0, 0.05) is 34.5 Å². The minimum Gasteiger partial charge on any atom is -0.404 e. The molecule has 0 aromatic carbocycles. The SMILES string of the molecule is CC1/C(=C\N)SCc2nn(-c3cnc(F)nc3)cc21. The van der Waals surface area contributed by atoms with Crippen molar-refractivity contribution in [1.82, 2.24) is 19.7 Å². The average Bonchev–Trinajstić information content (AvgIpc) is 2.85. The summed E-state index contributed by atoms with van der Waals surface area (Å²) < 4.78 is 14.4. The second-order valence-corrected chi connectivity index (χ2v) is 5.31. The van der Waals surface area contributed by atoms with Gasteiger partial charge in [0.2, 0.25) is 0 Å². The fourth-order valence-electron chi connectivity index (χ4n) is 2.08. The van der Waals surface area contributed by atoms with Crippen LogP contribution < -0.4 is 5.73 Å². The molecular formula is C12H12FN5S. The summed E-state index contributed by atoms with van der Waals surface area (Å²) in [6.07, 6.45) is 5.67. The number of halogens is 1. The molecule has 1 unspecified atom stereocenters. The lowest BCUT2D eigenvalue weighted by Gasteiger charge is -2.19. The second kappa shape index (κ2) is 4.65. The van der Waals surface area contributed by atoms with Crippen molar-refractivity contribution in [2.24, 2.45) is 5.73 Å². The van der Waals surface area contributed by atoms with E-state index in [0.29, 0.717) is 5.69 Å². The van der Waals surface area contributed by atoms with E-state index in [4.69, 9.17) is 5.73 Å². The zero-order valence-electron chi connectivity index (χ0n) is 10.2. The highest BCUT2D eigenvalue weighted by atomic mass is 32.2. The predicted molar refractivity (Wildman–Crippen MR) is 71.1 cm³/mol. The molecule has 1 aliphatic heterocycles. The van der Waals surface area contributed by atoms with Gasteiger partial charge in [-0.05, 0) is 0 Å². The lowest BCUT2D eigenvalue weighted by Crippen LogP contribution is -2.05. The van der Waals surface area contributed by atoms with Crippen LogP contribution in [0.4, 0.5) is 4.39 Å². The van der Waals surface area contributed by atoms with Crippen LogP contribution in [0.1, 0.15) is 24.1 Å². The molecule has 0 bridgehead atoms. The normalized spacial score (nSPS) is 20.5. The van der Waals surface area contributed by atoms with Crippen LogP contribution in [0.3, 0.4) is 0 Å². The molecule has 7 heteroatoms. The summed E-state index contributed by atoms with van der Waals surface area (Å²) in [5.74, 6) is 1.02. The van der Waals surface area contributed by atoms with Crippen molar-refractivity contribution in [1.29, 1.82) is 0 Å². The molecular weight excluding hydrogens is 265 g/mol. The summed E-state index contributed by atoms with van der Waals surface area (Å²) in [4.78, 5) is 8.21. The molecule has 0 radical (unpaired) electrons. The van der Waals surface area contributed by atoms with E-state index < -0.39 is 6.08 Å². The number of hydrogen-bond donors (Lipinski definition) is 1. The first-order valence-electron chi connectivity index (χ1n) is 5.80. The minimum absolute atomic E-state index is 0.230. The van der Waals surface area contributed by atoms with E-state index in [-0.39, 0.29) is 5.92 Å². The van der Waals surface area contributed by atoms with E-state index in [1.165, 1.54) is 12.4 Å². The Morgan fingerprint density at radius 1 is 1.47 bits per heavy atom. The molecule has 0 saturated heterocycles. The van der Waals surface area contributed by atoms with E-state index in [1.54, 1.807) is 22.6 Å². The maximum atomic E-state index is 12.7. The first-order chi connectivity index (χ1) is 9.19. The van der Waals surface area contributed by atoms with Crippen LogP contribution in [-0.2, 0) is 5.75 Å². The van der Waals surface area contributed by atoms with E-state index in [9.17, 15) is 4.39 Å². The summed E-state index contributed by atoms with van der Waals surface area (Å²) in [5.41, 5.74) is 8.42. The first kappa shape index (κ1) is 12.2. The maximum Gasteiger partial charge on any atom is 0.308 e. The standard InChI is InChI=1S/C12H12FN5S/c1-7-9-5-18(8-3-15-12(13)16-4-8)17-10(9)6-19-11(7)2-14/h2-5,7H,6,14H2,1H3/b11-2+. The second-order valence-electron chi connectivity index (χ2n) is 4.27. The Morgan fingerprint density at radius 3 is 2.89 bits per heavy atom. The fraction of sp³-hybridized carbons (Fsp3) is 0.250. The van der Waals surface area contributed by atoms with Crippen molar-refractivity contribution in [2.75, 3.05) is 0 Å². The first-order valence-corrected chi connectivity index (χ1v) is 6.78. The van der Waals surface area contributed by atoms with E-state index >= 15 is 0 Å². The number of thioether (sulfide) groups is 1. The van der Waals surface area contributed by atoms with E-state index in [2.05, 4.69) is 22.0 Å². The summed E-state index contributed by atoms with van der Waals surface area (Å²) in [6, 6.07) is 0. The van der Waals surface area contributed by atoms with Gasteiger partial charge in [0.25, 0.3) is 0 Å². The molecule has 2 N–H and O–H groups in total. The molecule has 0 saturated carbocycles. The molecule has 5 nitrogen and oxygen atoms in total. The highest BCUT2D eigenvalue weighted by molar-refractivity contribution is 8.02. The number of allylic oxidation sites excluding steroid dienone is 1. The summed E-state index contributed by atoms with van der Waals surface area (Å²) in [7, 11) is 0. The van der Waals surface area contributed by atoms with Crippen molar-refractivity contribution in [3.8, 4) is 5.69 Å². The van der Waals surface area contributed by atoms with Gasteiger partial charge in [0.1, 0.15) is 5.69 Å². The van der Waals surface area contributed by atoms with Gasteiger partial charge in [-0.3, -0.25) is 0 Å². The molecule has 2 aromatic rings. The van der Waals surface area contributed by atoms with Crippen LogP contribution in [-0.4, -0.2) is 19.7 Å². The minimum atomic E-state index is -0.738. The number of aromatic nitrogens is 4. The molecule has 1 aliphatic rings. The zero-order valence-corrected chi connectivity index (χ0v) is 11.1. The number of nitrogens with two attached hydrogens (primary N) is 1. The molecule has 98 valence electrons. The quantitative estimate of drug-likeness (QED) is 0.807. The number of fused-ring (bicyclic) bond motifs is 1. The van der Waals surface area contributed by atoms with Crippen LogP contribution >= 0.6 is 11.8 Å². The molecule has 3 rings (SSSR count). The number of nitrogens with zero attached hydrogens (tertiary/aromatic N) is 4. The summed E-state index contributed by atoms with van der Waals surface area (Å²) >= 11 is 1.69. The van der Waals surface area contributed by atoms with Crippen molar-refractivity contribution < 1.29 is 4.39 Å². The summed E-state index contributed by atoms with van der Waals surface area (Å²) in [5, 5.41) is 4.50. The molecule has 0 fully saturated rings. The van der Waals surface area contributed by atoms with Crippen LogP contribution in [0.25, 0.3) is 5.69 Å². The van der Waals surface area contributed by atoms with Gasteiger partial charge in [0.05, 0.1) is 18.1 Å².